The molecule has 1 aromatic carbocycles. The molecule has 2 aliphatic rings. The maximum atomic E-state index is 12.7. The lowest BCUT2D eigenvalue weighted by molar-refractivity contribution is -0.141. The number of Topliss-reactive ketones (excluding diaryl/α,β-unsaturated/α-hetero) is 1. The van der Waals surface area contributed by atoms with Crippen LogP contribution in [0, 0.1) is 0 Å². The summed E-state index contributed by atoms with van der Waals surface area (Å²) in [7, 11) is -3.54. The Balaban J connectivity index is 1.32. The van der Waals surface area contributed by atoms with Crippen molar-refractivity contribution in [2.45, 2.75) is 29.9 Å². The molecule has 0 bridgehead atoms. The van der Waals surface area contributed by atoms with Crippen LogP contribution in [0.5, 0.6) is 5.75 Å². The number of benzene rings is 1. The Kier molecular flexibility index (Phi) is 6.58. The van der Waals surface area contributed by atoms with Crippen molar-refractivity contribution in [3.63, 3.8) is 0 Å². The van der Waals surface area contributed by atoms with E-state index >= 15 is 0 Å². The summed E-state index contributed by atoms with van der Waals surface area (Å²) in [6.07, 6.45) is 2.60. The molecule has 0 unspecified atom stereocenters. The van der Waals surface area contributed by atoms with Crippen LogP contribution >= 0.6 is 11.3 Å². The molecule has 1 fully saturated rings. The van der Waals surface area contributed by atoms with Gasteiger partial charge in [-0.15, -0.1) is 11.3 Å². The molecule has 2 aliphatic heterocycles. The highest BCUT2D eigenvalue weighted by Gasteiger charge is 2.27. The second-order valence-electron chi connectivity index (χ2n) is 7.49. The highest BCUT2D eigenvalue weighted by molar-refractivity contribution is 7.91. The average molecular weight is 479 g/mol. The van der Waals surface area contributed by atoms with Gasteiger partial charge in [0, 0.05) is 23.5 Å². The monoisotopic (exact) mass is 478 g/mol. The number of nitrogens with one attached hydrogen (secondary N) is 1. The van der Waals surface area contributed by atoms with E-state index in [1.807, 2.05) is 0 Å². The van der Waals surface area contributed by atoms with Crippen molar-refractivity contribution in [2.75, 3.05) is 31.6 Å². The number of nitrogens with zero attached hydrogens (tertiary/aromatic N) is 1. The van der Waals surface area contributed by atoms with Gasteiger partial charge in [-0.25, -0.2) is 8.42 Å². The number of amides is 1. The van der Waals surface area contributed by atoms with Gasteiger partial charge in [0.15, 0.2) is 19.0 Å². The van der Waals surface area contributed by atoms with Crippen LogP contribution in [0.2, 0.25) is 0 Å². The molecule has 0 spiro atoms. The topological polar surface area (TPSA) is 119 Å². The number of sulfonamides is 1. The van der Waals surface area contributed by atoms with E-state index in [2.05, 4.69) is 5.32 Å². The number of hydrogen-bond donors (Lipinski definition) is 1. The minimum atomic E-state index is -3.54. The number of piperidine rings is 1. The lowest BCUT2D eigenvalue weighted by Crippen LogP contribution is -2.35. The Morgan fingerprint density at radius 3 is 2.69 bits per heavy atom. The number of rotatable bonds is 7. The van der Waals surface area contributed by atoms with Crippen molar-refractivity contribution in [1.29, 1.82) is 0 Å². The molecule has 1 aromatic heterocycles. The fourth-order valence-electron chi connectivity index (χ4n) is 3.50. The zero-order valence-corrected chi connectivity index (χ0v) is 18.8. The summed E-state index contributed by atoms with van der Waals surface area (Å²) in [6.45, 7) is 0.481. The minimum Gasteiger partial charge on any atom is -0.482 e. The number of fused-ring (bicyclic) bond motifs is 1. The molecular formula is C21H22N2O7S2. The number of anilines is 1. The molecule has 4 rings (SSSR count). The molecule has 11 heteroatoms. The van der Waals surface area contributed by atoms with E-state index in [4.69, 9.17) is 9.47 Å². The zero-order chi connectivity index (χ0) is 22.7. The predicted molar refractivity (Wildman–Crippen MR) is 116 cm³/mol. The smallest absolute Gasteiger partial charge is 0.311 e. The van der Waals surface area contributed by atoms with E-state index in [0.29, 0.717) is 29.4 Å². The lowest BCUT2D eigenvalue weighted by Gasteiger charge is -2.25. The number of thiophene rings is 1. The molecule has 0 atom stereocenters. The number of ketones is 1. The molecule has 1 N–H and O–H groups in total. The van der Waals surface area contributed by atoms with Crippen LogP contribution in [0.25, 0.3) is 0 Å². The third-order valence-electron chi connectivity index (χ3n) is 5.16. The van der Waals surface area contributed by atoms with Gasteiger partial charge >= 0.3 is 5.97 Å². The minimum absolute atomic E-state index is 0.0817. The van der Waals surface area contributed by atoms with Gasteiger partial charge in [-0.3, -0.25) is 14.4 Å². The maximum Gasteiger partial charge on any atom is 0.311 e. The summed E-state index contributed by atoms with van der Waals surface area (Å²) in [5.41, 5.74) is 0.660. The molecule has 2 aromatic rings. The number of hydrogen-bond acceptors (Lipinski definition) is 8. The Labute approximate surface area is 189 Å². The first-order chi connectivity index (χ1) is 15.3. The van der Waals surface area contributed by atoms with Crippen molar-refractivity contribution < 1.29 is 32.3 Å². The van der Waals surface area contributed by atoms with Gasteiger partial charge in [-0.2, -0.15) is 4.31 Å². The quantitative estimate of drug-likeness (QED) is 0.479. The van der Waals surface area contributed by atoms with Gasteiger partial charge in [0.25, 0.3) is 15.9 Å². The van der Waals surface area contributed by atoms with Crippen molar-refractivity contribution >= 4 is 44.7 Å². The molecule has 170 valence electrons. The molecule has 0 radical (unpaired) electrons. The van der Waals surface area contributed by atoms with Crippen LogP contribution < -0.4 is 10.1 Å². The van der Waals surface area contributed by atoms with Gasteiger partial charge in [0.1, 0.15) is 9.96 Å². The van der Waals surface area contributed by atoms with Gasteiger partial charge < -0.3 is 14.8 Å². The third-order valence-corrected chi connectivity index (χ3v) is 8.61. The predicted octanol–water partition coefficient (Wildman–Crippen LogP) is 2.22. The average Bonchev–Trinajstić information content (AvgIpc) is 3.27. The molecule has 32 heavy (non-hydrogen) atoms. The summed E-state index contributed by atoms with van der Waals surface area (Å²) in [6, 6.07) is 7.67. The second kappa shape index (κ2) is 9.39. The first kappa shape index (κ1) is 22.4. The van der Waals surface area contributed by atoms with Crippen LogP contribution in [0.4, 0.5) is 5.69 Å². The van der Waals surface area contributed by atoms with Crippen molar-refractivity contribution in [3.05, 3.63) is 40.8 Å². The number of carbonyl (C=O) groups is 3. The molecule has 1 amide bonds. The first-order valence-electron chi connectivity index (χ1n) is 10.2. The van der Waals surface area contributed by atoms with Gasteiger partial charge in [-0.1, -0.05) is 6.42 Å². The van der Waals surface area contributed by atoms with Gasteiger partial charge in [0.2, 0.25) is 0 Å². The zero-order valence-electron chi connectivity index (χ0n) is 17.2. The molecule has 1 saturated heterocycles. The Bertz CT molecular complexity index is 1150. The van der Waals surface area contributed by atoms with Crippen LogP contribution in [0.3, 0.4) is 0 Å². The van der Waals surface area contributed by atoms with Crippen LogP contribution in [0.15, 0.2) is 34.5 Å². The lowest BCUT2D eigenvalue weighted by atomic mass is 10.1. The maximum absolute atomic E-state index is 12.7. The highest BCUT2D eigenvalue weighted by atomic mass is 32.2. The van der Waals surface area contributed by atoms with E-state index < -0.39 is 28.4 Å². The van der Waals surface area contributed by atoms with Crippen molar-refractivity contribution in [2.24, 2.45) is 0 Å². The van der Waals surface area contributed by atoms with E-state index in [9.17, 15) is 22.8 Å². The second-order valence-corrected chi connectivity index (χ2v) is 10.8. The highest BCUT2D eigenvalue weighted by Crippen LogP contribution is 2.29. The van der Waals surface area contributed by atoms with Crippen LogP contribution in [0.1, 0.15) is 34.5 Å². The van der Waals surface area contributed by atoms with Crippen molar-refractivity contribution in [1.82, 2.24) is 4.31 Å². The molecule has 3 heterocycles. The first-order valence-corrected chi connectivity index (χ1v) is 12.4. The summed E-state index contributed by atoms with van der Waals surface area (Å²) in [5.74, 6) is -0.908. The van der Waals surface area contributed by atoms with Gasteiger partial charge in [0.05, 0.1) is 12.1 Å². The third kappa shape index (κ3) is 5.00. The Hall–Kier alpha value is -2.76. The van der Waals surface area contributed by atoms with Crippen LogP contribution in [-0.4, -0.2) is 56.7 Å². The molecule has 0 aliphatic carbocycles. The van der Waals surface area contributed by atoms with Crippen molar-refractivity contribution in [3.8, 4) is 5.75 Å². The molecule has 0 saturated carbocycles. The summed E-state index contributed by atoms with van der Waals surface area (Å²) < 4.78 is 37.5. The number of ether oxygens (including phenoxy) is 2. The summed E-state index contributed by atoms with van der Waals surface area (Å²) in [4.78, 5) is 36.5. The normalized spacial score (nSPS) is 16.6. The number of esters is 1. The fraction of sp³-hybridized carbons (Fsp3) is 0.381. The Morgan fingerprint density at radius 1 is 1.12 bits per heavy atom. The van der Waals surface area contributed by atoms with Gasteiger partial charge in [-0.05, 0) is 43.2 Å². The van der Waals surface area contributed by atoms with E-state index in [-0.39, 0.29) is 28.7 Å². The largest absolute Gasteiger partial charge is 0.482 e. The van der Waals surface area contributed by atoms with Crippen LogP contribution in [-0.2, 0) is 30.8 Å². The van der Waals surface area contributed by atoms with E-state index in [1.165, 1.54) is 22.5 Å². The SMILES string of the molecule is O=C1COc2ccc(C(=O)COC(=O)Cc3ccc(S(=O)(=O)N4CCCCC4)s3)cc2N1. The number of carbonyl (C=O) groups excluding carboxylic acids is 3. The Morgan fingerprint density at radius 2 is 1.91 bits per heavy atom. The summed E-state index contributed by atoms with van der Waals surface area (Å²) >= 11 is 1.04. The van der Waals surface area contributed by atoms with E-state index in [1.54, 1.807) is 12.1 Å². The molecule has 9 nitrogen and oxygen atoms in total. The summed E-state index contributed by atoms with van der Waals surface area (Å²) in [5, 5.41) is 2.62. The van der Waals surface area contributed by atoms with E-state index in [0.717, 1.165) is 30.6 Å². The molecular weight excluding hydrogens is 456 g/mol. The standard InChI is InChI=1S/C21H22N2O7S2/c24-17(14-4-6-18-16(10-14)22-19(25)13-29-18)12-30-20(26)11-15-5-7-21(31-15)32(27,28)23-8-2-1-3-9-23/h4-7,10H,1-3,8-9,11-13H2,(H,22,25). The fourth-order valence-corrected chi connectivity index (χ4v) is 6.52.